The lowest BCUT2D eigenvalue weighted by Crippen LogP contribution is -2.42. The molecule has 5 N–H and O–H groups in total. The van der Waals surface area contributed by atoms with Crippen molar-refractivity contribution in [1.82, 2.24) is 5.32 Å². The number of amides is 1. The van der Waals surface area contributed by atoms with Crippen LogP contribution in [-0.4, -0.2) is 28.6 Å². The van der Waals surface area contributed by atoms with E-state index >= 15 is 0 Å². The summed E-state index contributed by atoms with van der Waals surface area (Å²) in [6.07, 6.45) is 0. The lowest BCUT2D eigenvalue weighted by Gasteiger charge is -2.23. The molecule has 1 aromatic rings. The SMILES string of the molecule is CC(C)(CNC(=O)c1cc(F)ccc1O)/C(N)=N/O. The van der Waals surface area contributed by atoms with Gasteiger partial charge in [0.2, 0.25) is 0 Å². The van der Waals surface area contributed by atoms with Gasteiger partial charge < -0.3 is 21.4 Å². The highest BCUT2D eigenvalue weighted by molar-refractivity contribution is 5.97. The molecule has 6 nitrogen and oxygen atoms in total. The van der Waals surface area contributed by atoms with Gasteiger partial charge in [-0.15, -0.1) is 0 Å². The van der Waals surface area contributed by atoms with Crippen LogP contribution >= 0.6 is 0 Å². The molecular weight excluding hydrogens is 253 g/mol. The molecule has 0 heterocycles. The Labute approximate surface area is 109 Å². The van der Waals surface area contributed by atoms with Crippen LogP contribution in [-0.2, 0) is 0 Å². The Bertz CT molecular complexity index is 515. The second kappa shape index (κ2) is 5.55. The van der Waals surface area contributed by atoms with E-state index in [2.05, 4.69) is 10.5 Å². The predicted octanol–water partition coefficient (Wildman–Crippen LogP) is 1.03. The van der Waals surface area contributed by atoms with Crippen molar-refractivity contribution < 1.29 is 19.5 Å². The van der Waals surface area contributed by atoms with E-state index in [1.165, 1.54) is 0 Å². The maximum atomic E-state index is 13.0. The third kappa shape index (κ3) is 3.57. The van der Waals surface area contributed by atoms with Crippen LogP contribution in [0.3, 0.4) is 0 Å². The molecule has 0 aromatic heterocycles. The van der Waals surface area contributed by atoms with E-state index in [9.17, 15) is 14.3 Å². The summed E-state index contributed by atoms with van der Waals surface area (Å²) in [5.74, 6) is -1.63. The number of amidine groups is 1. The van der Waals surface area contributed by atoms with Crippen LogP contribution in [0, 0.1) is 11.2 Å². The zero-order chi connectivity index (χ0) is 14.6. The Hall–Kier alpha value is -2.31. The highest BCUT2D eigenvalue weighted by Gasteiger charge is 2.25. The van der Waals surface area contributed by atoms with Crippen molar-refractivity contribution >= 4 is 11.7 Å². The van der Waals surface area contributed by atoms with Crippen molar-refractivity contribution in [1.29, 1.82) is 0 Å². The summed E-state index contributed by atoms with van der Waals surface area (Å²) in [5.41, 5.74) is 4.53. The first-order chi connectivity index (χ1) is 8.77. The molecule has 7 heteroatoms. The zero-order valence-corrected chi connectivity index (χ0v) is 10.6. The molecule has 19 heavy (non-hydrogen) atoms. The molecule has 1 amide bonds. The van der Waals surface area contributed by atoms with Gasteiger partial charge >= 0.3 is 0 Å². The topological polar surface area (TPSA) is 108 Å². The third-order valence-electron chi connectivity index (χ3n) is 2.70. The third-order valence-corrected chi connectivity index (χ3v) is 2.70. The fourth-order valence-corrected chi connectivity index (χ4v) is 1.31. The predicted molar refractivity (Wildman–Crippen MR) is 67.6 cm³/mol. The summed E-state index contributed by atoms with van der Waals surface area (Å²) in [5, 5.41) is 23.4. The Morgan fingerprint density at radius 3 is 2.74 bits per heavy atom. The summed E-state index contributed by atoms with van der Waals surface area (Å²) >= 11 is 0. The van der Waals surface area contributed by atoms with Crippen molar-refractivity contribution in [2.24, 2.45) is 16.3 Å². The number of nitrogens with zero attached hydrogens (tertiary/aromatic N) is 1. The fraction of sp³-hybridized carbons (Fsp3) is 0.333. The quantitative estimate of drug-likeness (QED) is 0.283. The normalized spacial score (nSPS) is 12.3. The molecule has 0 atom stereocenters. The van der Waals surface area contributed by atoms with E-state index in [4.69, 9.17) is 10.9 Å². The Morgan fingerprint density at radius 2 is 2.16 bits per heavy atom. The van der Waals surface area contributed by atoms with E-state index in [1.807, 2.05) is 0 Å². The van der Waals surface area contributed by atoms with Gasteiger partial charge in [-0.2, -0.15) is 0 Å². The van der Waals surface area contributed by atoms with Gasteiger partial charge in [0, 0.05) is 12.0 Å². The number of aromatic hydroxyl groups is 1. The minimum absolute atomic E-state index is 0.0451. The van der Waals surface area contributed by atoms with Gasteiger partial charge in [-0.25, -0.2) is 4.39 Å². The first-order valence-corrected chi connectivity index (χ1v) is 5.52. The molecule has 1 aromatic carbocycles. The Balaban J connectivity index is 2.79. The number of hydrogen-bond donors (Lipinski definition) is 4. The number of carbonyl (C=O) groups is 1. The molecule has 0 spiro atoms. The number of halogens is 1. The van der Waals surface area contributed by atoms with Crippen molar-refractivity contribution in [2.75, 3.05) is 6.54 Å². The second-order valence-electron chi connectivity index (χ2n) is 4.71. The van der Waals surface area contributed by atoms with Crippen LogP contribution in [0.5, 0.6) is 5.75 Å². The molecule has 0 aliphatic heterocycles. The first-order valence-electron chi connectivity index (χ1n) is 5.52. The molecule has 104 valence electrons. The number of carbonyl (C=O) groups excluding carboxylic acids is 1. The summed E-state index contributed by atoms with van der Waals surface area (Å²) in [4.78, 5) is 11.8. The zero-order valence-electron chi connectivity index (χ0n) is 10.6. The second-order valence-corrected chi connectivity index (χ2v) is 4.71. The summed E-state index contributed by atoms with van der Waals surface area (Å²) in [6.45, 7) is 3.39. The summed E-state index contributed by atoms with van der Waals surface area (Å²) < 4.78 is 13.0. The first kappa shape index (κ1) is 14.7. The molecule has 0 unspecified atom stereocenters. The number of nitrogens with two attached hydrogens (primary N) is 1. The molecule has 0 bridgehead atoms. The largest absolute Gasteiger partial charge is 0.507 e. The molecule has 0 fully saturated rings. The molecular formula is C12H16FN3O3. The van der Waals surface area contributed by atoms with Gasteiger partial charge in [0.05, 0.1) is 5.56 Å². The molecule has 1 rings (SSSR count). The number of rotatable bonds is 4. The molecule has 0 saturated heterocycles. The van der Waals surface area contributed by atoms with Gasteiger partial charge in [0.1, 0.15) is 17.4 Å². The van der Waals surface area contributed by atoms with E-state index < -0.39 is 17.1 Å². The smallest absolute Gasteiger partial charge is 0.255 e. The van der Waals surface area contributed by atoms with Gasteiger partial charge in [-0.1, -0.05) is 19.0 Å². The van der Waals surface area contributed by atoms with Crippen LogP contribution in [0.2, 0.25) is 0 Å². The monoisotopic (exact) mass is 269 g/mol. The van der Waals surface area contributed by atoms with Crippen LogP contribution in [0.25, 0.3) is 0 Å². The lowest BCUT2D eigenvalue weighted by molar-refractivity contribution is 0.0941. The number of nitrogens with one attached hydrogen (secondary N) is 1. The van der Waals surface area contributed by atoms with Crippen molar-refractivity contribution in [3.8, 4) is 5.75 Å². The van der Waals surface area contributed by atoms with Crippen LogP contribution in [0.15, 0.2) is 23.4 Å². The number of hydrogen-bond acceptors (Lipinski definition) is 4. The average Bonchev–Trinajstić information content (AvgIpc) is 2.37. The van der Waals surface area contributed by atoms with E-state index in [1.54, 1.807) is 13.8 Å². The summed E-state index contributed by atoms with van der Waals surface area (Å²) in [6, 6.07) is 3.08. The van der Waals surface area contributed by atoms with Gasteiger partial charge in [0.25, 0.3) is 5.91 Å². The van der Waals surface area contributed by atoms with Crippen LogP contribution in [0.1, 0.15) is 24.2 Å². The molecule has 0 aliphatic carbocycles. The highest BCUT2D eigenvalue weighted by Crippen LogP contribution is 2.19. The minimum Gasteiger partial charge on any atom is -0.507 e. The molecule has 0 saturated carbocycles. The fourth-order valence-electron chi connectivity index (χ4n) is 1.31. The van der Waals surface area contributed by atoms with Crippen molar-refractivity contribution in [2.45, 2.75) is 13.8 Å². The number of phenols is 1. The number of phenolic OH excluding ortho intramolecular Hbond substituents is 1. The number of oxime groups is 1. The Morgan fingerprint density at radius 1 is 1.53 bits per heavy atom. The van der Waals surface area contributed by atoms with E-state index in [0.717, 1.165) is 18.2 Å². The lowest BCUT2D eigenvalue weighted by atomic mass is 9.92. The standard InChI is InChI=1S/C12H16FN3O3/c1-12(2,11(14)16-19)6-15-10(18)8-5-7(13)3-4-9(8)17/h3-5,17,19H,6H2,1-2H3,(H2,14,16)(H,15,18). The molecule has 0 radical (unpaired) electrons. The Kier molecular flexibility index (Phi) is 4.31. The number of benzene rings is 1. The maximum Gasteiger partial charge on any atom is 0.255 e. The minimum atomic E-state index is -0.770. The van der Waals surface area contributed by atoms with E-state index in [-0.39, 0.29) is 23.7 Å². The molecule has 0 aliphatic rings. The van der Waals surface area contributed by atoms with Crippen molar-refractivity contribution in [3.05, 3.63) is 29.6 Å². The van der Waals surface area contributed by atoms with Crippen molar-refractivity contribution in [3.63, 3.8) is 0 Å². The highest BCUT2D eigenvalue weighted by atomic mass is 19.1. The van der Waals surface area contributed by atoms with Gasteiger partial charge in [-0.3, -0.25) is 4.79 Å². The van der Waals surface area contributed by atoms with Gasteiger partial charge in [0.15, 0.2) is 0 Å². The average molecular weight is 269 g/mol. The summed E-state index contributed by atoms with van der Waals surface area (Å²) in [7, 11) is 0. The van der Waals surface area contributed by atoms with Crippen LogP contribution < -0.4 is 11.1 Å². The van der Waals surface area contributed by atoms with Gasteiger partial charge in [-0.05, 0) is 18.2 Å². The van der Waals surface area contributed by atoms with Crippen LogP contribution in [0.4, 0.5) is 4.39 Å². The maximum absolute atomic E-state index is 13.0. The van der Waals surface area contributed by atoms with E-state index in [0.29, 0.717) is 0 Å².